The lowest BCUT2D eigenvalue weighted by Gasteiger charge is -2.02. The first-order chi connectivity index (χ1) is 8.83. The van der Waals surface area contributed by atoms with Crippen LogP contribution >= 0.6 is 0 Å². The summed E-state index contributed by atoms with van der Waals surface area (Å²) in [4.78, 5) is 7.66. The number of hydrogen-bond donors (Lipinski definition) is 2. The number of nitrogens with zero attached hydrogens (tertiary/aromatic N) is 1. The van der Waals surface area contributed by atoms with Crippen molar-refractivity contribution < 1.29 is 0 Å². The molecule has 0 saturated carbocycles. The van der Waals surface area contributed by atoms with Gasteiger partial charge in [0.2, 0.25) is 0 Å². The monoisotopic (exact) mass is 243 g/mol. The van der Waals surface area contributed by atoms with Gasteiger partial charge in [0.05, 0.1) is 18.4 Å². The summed E-state index contributed by atoms with van der Waals surface area (Å²) in [5, 5.41) is 3.09. The minimum atomic E-state index is 0.772. The van der Waals surface area contributed by atoms with Crippen LogP contribution in [0.15, 0.2) is 30.5 Å². The average Bonchev–Trinajstić information content (AvgIpc) is 2.86. The van der Waals surface area contributed by atoms with Crippen LogP contribution in [0.4, 0.5) is 0 Å². The largest absolute Gasteiger partial charge is 0.341 e. The van der Waals surface area contributed by atoms with Gasteiger partial charge in [-0.2, -0.15) is 0 Å². The minimum Gasteiger partial charge on any atom is -0.341 e. The Bertz CT molecular complexity index is 471. The van der Waals surface area contributed by atoms with Crippen LogP contribution in [0, 0.1) is 0 Å². The summed E-state index contributed by atoms with van der Waals surface area (Å²) in [6, 6.07) is 8.76. The van der Waals surface area contributed by atoms with E-state index in [1.165, 1.54) is 30.4 Å². The zero-order valence-corrected chi connectivity index (χ0v) is 11.2. The van der Waals surface area contributed by atoms with E-state index in [-0.39, 0.29) is 0 Å². The Hall–Kier alpha value is -1.61. The van der Waals surface area contributed by atoms with Gasteiger partial charge in [-0.05, 0) is 31.0 Å². The van der Waals surface area contributed by atoms with Crippen molar-refractivity contribution >= 4 is 0 Å². The van der Waals surface area contributed by atoms with Crippen molar-refractivity contribution in [3.8, 4) is 11.3 Å². The summed E-state index contributed by atoms with van der Waals surface area (Å²) in [6.07, 6.45) is 5.57. The summed E-state index contributed by atoms with van der Waals surface area (Å²) in [7, 11) is 1.92. The van der Waals surface area contributed by atoms with Crippen molar-refractivity contribution in [3.05, 3.63) is 41.9 Å². The molecule has 1 aromatic carbocycles. The van der Waals surface area contributed by atoms with Gasteiger partial charge in [0.1, 0.15) is 5.82 Å². The molecule has 96 valence electrons. The van der Waals surface area contributed by atoms with Crippen LogP contribution in [0.3, 0.4) is 0 Å². The molecule has 0 amide bonds. The summed E-state index contributed by atoms with van der Waals surface area (Å²) in [6.45, 7) is 3.00. The van der Waals surface area contributed by atoms with Crippen molar-refractivity contribution in [1.29, 1.82) is 0 Å². The first-order valence-corrected chi connectivity index (χ1v) is 6.61. The third-order valence-corrected chi connectivity index (χ3v) is 3.06. The molecule has 1 aromatic heterocycles. The molecule has 3 nitrogen and oxygen atoms in total. The zero-order valence-electron chi connectivity index (χ0n) is 11.2. The summed E-state index contributed by atoms with van der Waals surface area (Å²) in [5.41, 5.74) is 3.70. The van der Waals surface area contributed by atoms with E-state index in [1.54, 1.807) is 0 Å². The Balaban J connectivity index is 2.07. The molecular formula is C15H21N3. The fourth-order valence-electron chi connectivity index (χ4n) is 2.00. The molecule has 0 radical (unpaired) electrons. The van der Waals surface area contributed by atoms with Crippen LogP contribution in [-0.4, -0.2) is 17.0 Å². The Morgan fingerprint density at radius 3 is 2.67 bits per heavy atom. The van der Waals surface area contributed by atoms with Gasteiger partial charge in [-0.1, -0.05) is 37.6 Å². The first kappa shape index (κ1) is 12.8. The molecule has 0 unspecified atom stereocenters. The maximum Gasteiger partial charge on any atom is 0.120 e. The van der Waals surface area contributed by atoms with E-state index in [2.05, 4.69) is 46.5 Å². The highest BCUT2D eigenvalue weighted by Crippen LogP contribution is 2.18. The third-order valence-electron chi connectivity index (χ3n) is 3.06. The molecule has 0 aliphatic carbocycles. The van der Waals surface area contributed by atoms with Gasteiger partial charge >= 0.3 is 0 Å². The predicted molar refractivity (Wildman–Crippen MR) is 75.4 cm³/mol. The number of rotatable bonds is 6. The maximum absolute atomic E-state index is 4.34. The number of aromatic nitrogens is 2. The van der Waals surface area contributed by atoms with Crippen molar-refractivity contribution in [2.24, 2.45) is 0 Å². The average molecular weight is 243 g/mol. The number of imidazole rings is 1. The van der Waals surface area contributed by atoms with Gasteiger partial charge in [-0.3, -0.25) is 0 Å². The zero-order chi connectivity index (χ0) is 12.8. The maximum atomic E-state index is 4.34. The second-order valence-corrected chi connectivity index (χ2v) is 4.57. The topological polar surface area (TPSA) is 40.7 Å². The van der Waals surface area contributed by atoms with Gasteiger partial charge in [0, 0.05) is 0 Å². The molecule has 0 atom stereocenters. The fraction of sp³-hybridized carbons (Fsp3) is 0.400. The highest BCUT2D eigenvalue weighted by Gasteiger charge is 2.02. The number of nitrogens with one attached hydrogen (secondary N) is 2. The minimum absolute atomic E-state index is 0.772. The van der Waals surface area contributed by atoms with Crippen molar-refractivity contribution in [2.75, 3.05) is 7.05 Å². The molecule has 2 N–H and O–H groups in total. The van der Waals surface area contributed by atoms with Gasteiger partial charge in [-0.15, -0.1) is 0 Å². The Morgan fingerprint density at radius 2 is 2.00 bits per heavy atom. The predicted octanol–water partition coefficient (Wildman–Crippen LogP) is 3.14. The molecule has 2 rings (SSSR count). The first-order valence-electron chi connectivity index (χ1n) is 6.61. The van der Waals surface area contributed by atoms with E-state index in [0.29, 0.717) is 0 Å². The molecule has 0 bridgehead atoms. The number of benzene rings is 1. The lowest BCUT2D eigenvalue weighted by molar-refractivity contribution is 0.772. The standard InChI is InChI=1S/C15H21N3/c1-3-4-5-12-6-8-13(9-7-12)14-10-17-15(18-14)11-16-2/h6-10,16H,3-5,11H2,1-2H3,(H,17,18). The summed E-state index contributed by atoms with van der Waals surface area (Å²) in [5.74, 6) is 0.975. The molecule has 3 heteroatoms. The quantitative estimate of drug-likeness (QED) is 0.818. The Kier molecular flexibility index (Phi) is 4.53. The number of unbranched alkanes of at least 4 members (excludes halogenated alkanes) is 1. The molecule has 18 heavy (non-hydrogen) atoms. The summed E-state index contributed by atoms with van der Waals surface area (Å²) < 4.78 is 0. The van der Waals surface area contributed by atoms with Gasteiger partial charge in [-0.25, -0.2) is 4.98 Å². The van der Waals surface area contributed by atoms with Gasteiger partial charge in [0.25, 0.3) is 0 Å². The number of H-pyrrole nitrogens is 1. The van der Waals surface area contributed by atoms with E-state index < -0.39 is 0 Å². The molecule has 0 aliphatic heterocycles. The number of aryl methyl sites for hydroxylation is 1. The second-order valence-electron chi connectivity index (χ2n) is 4.57. The van der Waals surface area contributed by atoms with E-state index in [4.69, 9.17) is 0 Å². The lowest BCUT2D eigenvalue weighted by atomic mass is 10.1. The van der Waals surface area contributed by atoms with E-state index in [1.807, 2.05) is 13.2 Å². The van der Waals surface area contributed by atoms with E-state index >= 15 is 0 Å². The molecule has 0 fully saturated rings. The third kappa shape index (κ3) is 3.20. The van der Waals surface area contributed by atoms with Crippen molar-refractivity contribution in [2.45, 2.75) is 32.7 Å². The van der Waals surface area contributed by atoms with Crippen molar-refractivity contribution in [1.82, 2.24) is 15.3 Å². The van der Waals surface area contributed by atoms with Crippen LogP contribution in [0.25, 0.3) is 11.3 Å². The highest BCUT2D eigenvalue weighted by atomic mass is 15.0. The normalized spacial score (nSPS) is 10.8. The van der Waals surface area contributed by atoms with Gasteiger partial charge in [0.15, 0.2) is 0 Å². The molecule has 2 aromatic rings. The smallest absolute Gasteiger partial charge is 0.120 e. The molecule has 0 aliphatic rings. The Labute approximate surface area is 109 Å². The molecule has 0 saturated heterocycles. The van der Waals surface area contributed by atoms with Crippen LogP contribution in [0.5, 0.6) is 0 Å². The van der Waals surface area contributed by atoms with Crippen LogP contribution in [0.1, 0.15) is 31.2 Å². The van der Waals surface area contributed by atoms with E-state index in [9.17, 15) is 0 Å². The Morgan fingerprint density at radius 1 is 1.22 bits per heavy atom. The SMILES string of the molecule is CCCCc1ccc(-c2cnc(CNC)[nH]2)cc1. The van der Waals surface area contributed by atoms with Crippen molar-refractivity contribution in [3.63, 3.8) is 0 Å². The number of aromatic amines is 1. The van der Waals surface area contributed by atoms with Gasteiger partial charge < -0.3 is 10.3 Å². The molecule has 1 heterocycles. The summed E-state index contributed by atoms with van der Waals surface area (Å²) >= 11 is 0. The molecule has 0 spiro atoms. The number of hydrogen-bond acceptors (Lipinski definition) is 2. The second kappa shape index (κ2) is 6.36. The highest BCUT2D eigenvalue weighted by molar-refractivity contribution is 5.58. The van der Waals surface area contributed by atoms with Crippen LogP contribution in [-0.2, 0) is 13.0 Å². The fourth-order valence-corrected chi connectivity index (χ4v) is 2.00. The molecular weight excluding hydrogens is 222 g/mol. The van der Waals surface area contributed by atoms with E-state index in [0.717, 1.165) is 18.1 Å². The van der Waals surface area contributed by atoms with Crippen LogP contribution in [0.2, 0.25) is 0 Å². The van der Waals surface area contributed by atoms with Crippen LogP contribution < -0.4 is 5.32 Å². The lowest BCUT2D eigenvalue weighted by Crippen LogP contribution is -2.06.